The van der Waals surface area contributed by atoms with Gasteiger partial charge in [-0.25, -0.2) is 14.4 Å². The van der Waals surface area contributed by atoms with Gasteiger partial charge in [-0.3, -0.25) is 4.79 Å². The Bertz CT molecular complexity index is 749. The lowest BCUT2D eigenvalue weighted by Crippen LogP contribution is -2.09. The van der Waals surface area contributed by atoms with Gasteiger partial charge in [-0.15, -0.1) is 5.92 Å². The summed E-state index contributed by atoms with van der Waals surface area (Å²) in [5, 5.41) is 0. The van der Waals surface area contributed by atoms with Crippen LogP contribution < -0.4 is 10.5 Å². The Morgan fingerprint density at radius 1 is 1.35 bits per heavy atom. The van der Waals surface area contributed by atoms with Gasteiger partial charge in [0.15, 0.2) is 12.4 Å². The standard InChI is InChI=1S/C17H16FN3O2/c1-2-3-6-23-17-11-20-15(10-21-17)16(22)8-12-4-5-14(18)13(7-12)9-19/h4-5,7,10-11H,6,8-9,19H2,1H3. The molecule has 0 aliphatic heterocycles. The van der Waals surface area contributed by atoms with Gasteiger partial charge in [0.1, 0.15) is 11.5 Å². The van der Waals surface area contributed by atoms with Gasteiger partial charge < -0.3 is 10.5 Å². The number of hydrogen-bond acceptors (Lipinski definition) is 5. The first-order valence-electron chi connectivity index (χ1n) is 6.99. The van der Waals surface area contributed by atoms with Crippen molar-refractivity contribution >= 4 is 5.78 Å². The van der Waals surface area contributed by atoms with Crippen LogP contribution in [-0.4, -0.2) is 22.4 Å². The average Bonchev–Trinajstić information content (AvgIpc) is 2.57. The van der Waals surface area contributed by atoms with Crippen molar-refractivity contribution in [1.29, 1.82) is 0 Å². The van der Waals surface area contributed by atoms with E-state index in [0.717, 1.165) is 0 Å². The molecule has 1 aromatic heterocycles. The van der Waals surface area contributed by atoms with E-state index in [1.54, 1.807) is 19.1 Å². The number of ketones is 1. The quantitative estimate of drug-likeness (QED) is 0.651. The van der Waals surface area contributed by atoms with E-state index in [4.69, 9.17) is 10.5 Å². The molecule has 0 saturated carbocycles. The van der Waals surface area contributed by atoms with Gasteiger partial charge in [0.2, 0.25) is 5.88 Å². The highest BCUT2D eigenvalue weighted by atomic mass is 19.1. The number of nitrogens with two attached hydrogens (primary N) is 1. The predicted molar refractivity (Wildman–Crippen MR) is 83.3 cm³/mol. The summed E-state index contributed by atoms with van der Waals surface area (Å²) in [5.74, 6) is 5.14. The second kappa shape index (κ2) is 8.01. The summed E-state index contributed by atoms with van der Waals surface area (Å²) in [6, 6.07) is 4.45. The SMILES string of the molecule is CC#CCOc1cnc(C(=O)Cc2ccc(F)c(CN)c2)cn1. The molecule has 0 aliphatic rings. The fourth-order valence-corrected chi connectivity index (χ4v) is 1.89. The molecule has 23 heavy (non-hydrogen) atoms. The molecular weight excluding hydrogens is 297 g/mol. The van der Waals surface area contributed by atoms with E-state index < -0.39 is 0 Å². The summed E-state index contributed by atoms with van der Waals surface area (Å²) in [6.07, 6.45) is 2.83. The molecule has 0 atom stereocenters. The maximum Gasteiger partial charge on any atom is 0.233 e. The number of hydrogen-bond donors (Lipinski definition) is 1. The average molecular weight is 313 g/mol. The molecule has 6 heteroatoms. The summed E-state index contributed by atoms with van der Waals surface area (Å²) >= 11 is 0. The smallest absolute Gasteiger partial charge is 0.233 e. The van der Waals surface area contributed by atoms with Crippen LogP contribution in [0, 0.1) is 17.7 Å². The van der Waals surface area contributed by atoms with E-state index in [-0.39, 0.29) is 36.9 Å². The number of carbonyl (C=O) groups excluding carboxylic acids is 1. The van der Waals surface area contributed by atoms with Gasteiger partial charge in [0.05, 0.1) is 12.4 Å². The number of halogens is 1. The first-order chi connectivity index (χ1) is 11.1. The number of aromatic nitrogens is 2. The third-order valence-electron chi connectivity index (χ3n) is 3.08. The van der Waals surface area contributed by atoms with E-state index in [9.17, 15) is 9.18 Å². The van der Waals surface area contributed by atoms with Crippen LogP contribution >= 0.6 is 0 Å². The molecule has 0 aliphatic carbocycles. The highest BCUT2D eigenvalue weighted by Crippen LogP contribution is 2.13. The highest BCUT2D eigenvalue weighted by molar-refractivity contribution is 5.95. The molecule has 5 nitrogen and oxygen atoms in total. The van der Waals surface area contributed by atoms with Crippen LogP contribution in [0.4, 0.5) is 4.39 Å². The number of rotatable bonds is 6. The van der Waals surface area contributed by atoms with Crippen LogP contribution in [-0.2, 0) is 13.0 Å². The molecule has 2 rings (SSSR count). The van der Waals surface area contributed by atoms with Gasteiger partial charge in [-0.05, 0) is 18.6 Å². The topological polar surface area (TPSA) is 78.1 Å². The lowest BCUT2D eigenvalue weighted by Gasteiger charge is -2.05. The zero-order valence-corrected chi connectivity index (χ0v) is 12.7. The molecule has 0 saturated heterocycles. The lowest BCUT2D eigenvalue weighted by atomic mass is 10.0. The second-order valence-electron chi connectivity index (χ2n) is 4.69. The van der Waals surface area contributed by atoms with Gasteiger partial charge in [-0.2, -0.15) is 0 Å². The minimum absolute atomic E-state index is 0.0837. The third-order valence-corrected chi connectivity index (χ3v) is 3.08. The minimum atomic E-state index is -0.375. The first-order valence-corrected chi connectivity index (χ1v) is 6.99. The van der Waals surface area contributed by atoms with E-state index >= 15 is 0 Å². The van der Waals surface area contributed by atoms with Crippen molar-refractivity contribution in [3.8, 4) is 17.7 Å². The molecule has 2 aromatic rings. The van der Waals surface area contributed by atoms with E-state index in [1.807, 2.05) is 0 Å². The summed E-state index contributed by atoms with van der Waals surface area (Å²) < 4.78 is 18.6. The Kier molecular flexibility index (Phi) is 5.78. The molecule has 0 unspecified atom stereocenters. The van der Waals surface area contributed by atoms with Gasteiger partial charge in [-0.1, -0.05) is 18.1 Å². The van der Waals surface area contributed by atoms with Gasteiger partial charge in [0, 0.05) is 18.5 Å². The Labute approximate surface area is 133 Å². The number of carbonyl (C=O) groups is 1. The molecule has 0 amide bonds. The third kappa shape index (κ3) is 4.59. The fourth-order valence-electron chi connectivity index (χ4n) is 1.89. The lowest BCUT2D eigenvalue weighted by molar-refractivity contribution is 0.0987. The van der Waals surface area contributed by atoms with Crippen molar-refractivity contribution in [1.82, 2.24) is 9.97 Å². The summed E-state index contributed by atoms with van der Waals surface area (Å²) in [6.45, 7) is 2.01. The minimum Gasteiger partial charge on any atom is -0.463 e. The second-order valence-corrected chi connectivity index (χ2v) is 4.69. The number of Topliss-reactive ketones (excluding diaryl/α,β-unsaturated/α-hetero) is 1. The van der Waals surface area contributed by atoms with Crippen LogP contribution in [0.2, 0.25) is 0 Å². The Morgan fingerprint density at radius 2 is 2.17 bits per heavy atom. The van der Waals surface area contributed by atoms with Gasteiger partial charge >= 0.3 is 0 Å². The summed E-state index contributed by atoms with van der Waals surface area (Å²) in [7, 11) is 0. The Hall–Kier alpha value is -2.78. The maximum atomic E-state index is 13.4. The molecule has 1 heterocycles. The van der Waals surface area contributed by atoms with Crippen molar-refractivity contribution in [2.24, 2.45) is 5.73 Å². The van der Waals surface area contributed by atoms with Crippen molar-refractivity contribution in [2.75, 3.05) is 6.61 Å². The van der Waals surface area contributed by atoms with Crippen molar-refractivity contribution in [3.05, 3.63) is 53.2 Å². The molecule has 2 N–H and O–H groups in total. The Balaban J connectivity index is 2.04. The van der Waals surface area contributed by atoms with E-state index in [0.29, 0.717) is 17.0 Å². The van der Waals surface area contributed by atoms with Crippen molar-refractivity contribution in [3.63, 3.8) is 0 Å². The van der Waals surface area contributed by atoms with E-state index in [2.05, 4.69) is 21.8 Å². The zero-order chi connectivity index (χ0) is 16.7. The first kappa shape index (κ1) is 16.6. The largest absolute Gasteiger partial charge is 0.463 e. The summed E-state index contributed by atoms with van der Waals surface area (Å²) in [4.78, 5) is 20.2. The van der Waals surface area contributed by atoms with Crippen molar-refractivity contribution < 1.29 is 13.9 Å². The number of nitrogens with zero attached hydrogens (tertiary/aromatic N) is 2. The molecule has 1 aromatic carbocycles. The normalized spacial score (nSPS) is 9.87. The molecule has 0 radical (unpaired) electrons. The van der Waals surface area contributed by atoms with Crippen LogP contribution in [0.3, 0.4) is 0 Å². The van der Waals surface area contributed by atoms with Crippen LogP contribution in [0.5, 0.6) is 5.88 Å². The molecule has 0 fully saturated rings. The molecule has 0 spiro atoms. The van der Waals surface area contributed by atoms with Crippen LogP contribution in [0.15, 0.2) is 30.6 Å². The van der Waals surface area contributed by atoms with Gasteiger partial charge in [0.25, 0.3) is 0 Å². The fraction of sp³-hybridized carbons (Fsp3) is 0.235. The number of ether oxygens (including phenoxy) is 1. The molecule has 0 bridgehead atoms. The predicted octanol–water partition coefficient (Wildman–Crippen LogP) is 1.90. The van der Waals surface area contributed by atoms with Crippen LogP contribution in [0.25, 0.3) is 0 Å². The zero-order valence-electron chi connectivity index (χ0n) is 12.7. The monoisotopic (exact) mass is 313 g/mol. The maximum absolute atomic E-state index is 13.4. The Morgan fingerprint density at radius 3 is 2.83 bits per heavy atom. The van der Waals surface area contributed by atoms with Crippen LogP contribution in [0.1, 0.15) is 28.5 Å². The highest BCUT2D eigenvalue weighted by Gasteiger charge is 2.11. The molecule has 118 valence electrons. The van der Waals surface area contributed by atoms with E-state index in [1.165, 1.54) is 18.5 Å². The van der Waals surface area contributed by atoms with Crippen molar-refractivity contribution in [2.45, 2.75) is 19.9 Å². The molecular formula is C17H16FN3O2. The number of benzene rings is 1. The summed E-state index contributed by atoms with van der Waals surface area (Å²) in [5.41, 5.74) is 6.73.